The van der Waals surface area contributed by atoms with E-state index in [0.717, 1.165) is 29.3 Å². The summed E-state index contributed by atoms with van der Waals surface area (Å²) in [7, 11) is 0. The van der Waals surface area contributed by atoms with Gasteiger partial charge >= 0.3 is 11.9 Å². The molecule has 124 valence electrons. The maximum atomic E-state index is 12.5. The highest BCUT2D eigenvalue weighted by Crippen LogP contribution is 2.24. The predicted molar refractivity (Wildman–Crippen MR) is 85.6 cm³/mol. The number of aromatic carboxylic acids is 2. The van der Waals surface area contributed by atoms with Gasteiger partial charge in [0.05, 0.1) is 11.1 Å². The van der Waals surface area contributed by atoms with Crippen molar-refractivity contribution < 1.29 is 29.7 Å². The number of carbonyl (C=O) groups excluding carboxylic acids is 1. The van der Waals surface area contributed by atoms with Gasteiger partial charge in [0, 0.05) is 11.1 Å². The Labute approximate surface area is 138 Å². The van der Waals surface area contributed by atoms with Crippen LogP contribution in [0.1, 0.15) is 53.9 Å². The van der Waals surface area contributed by atoms with E-state index in [-0.39, 0.29) is 16.7 Å². The third-order valence-electron chi connectivity index (χ3n) is 3.58. The molecule has 0 fully saturated rings. The Morgan fingerprint density at radius 3 is 1.92 bits per heavy atom. The number of aliphatic hydroxyl groups excluding tert-OH is 1. The second-order valence-electron chi connectivity index (χ2n) is 5.56. The average molecular weight is 328 g/mol. The van der Waals surface area contributed by atoms with E-state index in [1.807, 2.05) is 6.07 Å². The SMILES string of the molecule is Cc1cc(C)cc(C(=O)C(O)c2ccc(C(=O)O)cc2C(=O)O)c1. The summed E-state index contributed by atoms with van der Waals surface area (Å²) in [6.07, 6.45) is -1.69. The predicted octanol–water partition coefficient (Wildman–Crippen LogP) is 2.62. The first kappa shape index (κ1) is 17.4. The number of aliphatic hydroxyl groups is 1. The van der Waals surface area contributed by atoms with Crippen molar-refractivity contribution in [3.8, 4) is 0 Å². The Morgan fingerprint density at radius 2 is 1.42 bits per heavy atom. The lowest BCUT2D eigenvalue weighted by Crippen LogP contribution is -2.17. The summed E-state index contributed by atoms with van der Waals surface area (Å²) in [5.41, 5.74) is 1.15. The minimum atomic E-state index is -1.69. The Kier molecular flexibility index (Phi) is 4.80. The van der Waals surface area contributed by atoms with E-state index in [1.54, 1.807) is 26.0 Å². The highest BCUT2D eigenvalue weighted by molar-refractivity contribution is 6.03. The molecule has 0 radical (unpaired) electrons. The number of carboxylic acids is 2. The van der Waals surface area contributed by atoms with Crippen molar-refractivity contribution in [1.82, 2.24) is 0 Å². The smallest absolute Gasteiger partial charge is 0.336 e. The molecule has 0 aliphatic rings. The summed E-state index contributed by atoms with van der Waals surface area (Å²) >= 11 is 0. The van der Waals surface area contributed by atoms with Gasteiger partial charge in [-0.25, -0.2) is 9.59 Å². The lowest BCUT2D eigenvalue weighted by Gasteiger charge is -2.14. The van der Waals surface area contributed by atoms with E-state index in [9.17, 15) is 24.6 Å². The zero-order valence-electron chi connectivity index (χ0n) is 13.1. The third-order valence-corrected chi connectivity index (χ3v) is 3.58. The number of hydrogen-bond donors (Lipinski definition) is 3. The molecule has 3 N–H and O–H groups in total. The third kappa shape index (κ3) is 3.49. The molecule has 6 nitrogen and oxygen atoms in total. The normalized spacial score (nSPS) is 11.8. The van der Waals surface area contributed by atoms with Crippen molar-refractivity contribution in [2.75, 3.05) is 0 Å². The molecule has 1 atom stereocenters. The van der Waals surface area contributed by atoms with Crippen LogP contribution in [0, 0.1) is 13.8 Å². The van der Waals surface area contributed by atoms with Crippen molar-refractivity contribution >= 4 is 17.7 Å². The fraction of sp³-hybridized carbons (Fsp3) is 0.167. The van der Waals surface area contributed by atoms with Gasteiger partial charge in [-0.1, -0.05) is 23.3 Å². The molecule has 2 rings (SSSR count). The molecule has 0 bridgehead atoms. The summed E-state index contributed by atoms with van der Waals surface area (Å²) in [6, 6.07) is 8.31. The number of aryl methyl sites for hydroxylation is 2. The van der Waals surface area contributed by atoms with Crippen LogP contribution in [-0.2, 0) is 0 Å². The minimum absolute atomic E-state index is 0.142. The number of rotatable bonds is 5. The highest BCUT2D eigenvalue weighted by atomic mass is 16.4. The van der Waals surface area contributed by atoms with E-state index in [1.165, 1.54) is 0 Å². The standard InChI is InChI=1S/C18H16O6/c1-9-5-10(2)7-12(6-9)15(19)16(20)13-4-3-11(17(21)22)8-14(13)18(23)24/h3-8,16,20H,1-2H3,(H,21,22)(H,23,24). The number of carboxylic acid groups (broad SMARTS) is 2. The van der Waals surface area contributed by atoms with Crippen LogP contribution in [0.2, 0.25) is 0 Å². The van der Waals surface area contributed by atoms with Gasteiger partial charge in [0.15, 0.2) is 5.78 Å². The Bertz CT molecular complexity index is 817. The van der Waals surface area contributed by atoms with Crippen LogP contribution >= 0.6 is 0 Å². The zero-order valence-corrected chi connectivity index (χ0v) is 13.1. The number of Topliss-reactive ketones (excluding diaryl/α,β-unsaturated/α-hetero) is 1. The lowest BCUT2D eigenvalue weighted by atomic mass is 9.93. The molecule has 2 aromatic rings. The van der Waals surface area contributed by atoms with Gasteiger partial charge in [0.1, 0.15) is 6.10 Å². The molecule has 0 aromatic heterocycles. The molecule has 24 heavy (non-hydrogen) atoms. The van der Waals surface area contributed by atoms with Gasteiger partial charge in [-0.15, -0.1) is 0 Å². The summed E-state index contributed by atoms with van der Waals surface area (Å²) in [5.74, 6) is -3.35. The Balaban J connectivity index is 2.48. The van der Waals surface area contributed by atoms with Gasteiger partial charge < -0.3 is 15.3 Å². The van der Waals surface area contributed by atoms with Crippen molar-refractivity contribution in [1.29, 1.82) is 0 Å². The maximum absolute atomic E-state index is 12.5. The first-order valence-electron chi connectivity index (χ1n) is 7.12. The largest absolute Gasteiger partial charge is 0.478 e. The van der Waals surface area contributed by atoms with Crippen molar-refractivity contribution in [2.45, 2.75) is 20.0 Å². The molecule has 0 aliphatic carbocycles. The first-order valence-corrected chi connectivity index (χ1v) is 7.12. The van der Waals surface area contributed by atoms with Crippen LogP contribution < -0.4 is 0 Å². The van der Waals surface area contributed by atoms with Gasteiger partial charge in [-0.2, -0.15) is 0 Å². The fourth-order valence-electron chi connectivity index (χ4n) is 2.53. The Hall–Kier alpha value is -2.99. The molecule has 0 amide bonds. The van der Waals surface area contributed by atoms with Crippen LogP contribution in [0.3, 0.4) is 0 Å². The summed E-state index contributed by atoms with van der Waals surface area (Å²) in [5, 5.41) is 28.5. The van der Waals surface area contributed by atoms with E-state index < -0.39 is 29.4 Å². The average Bonchev–Trinajstić information content (AvgIpc) is 2.51. The van der Waals surface area contributed by atoms with Crippen LogP contribution in [0.4, 0.5) is 0 Å². The molecule has 2 aromatic carbocycles. The summed E-state index contributed by atoms with van der Waals surface area (Å²) in [4.78, 5) is 34.8. The summed E-state index contributed by atoms with van der Waals surface area (Å²) in [6.45, 7) is 3.61. The van der Waals surface area contributed by atoms with E-state index in [0.29, 0.717) is 0 Å². The lowest BCUT2D eigenvalue weighted by molar-refractivity contribution is 0.0679. The first-order chi connectivity index (χ1) is 11.2. The molecule has 0 saturated heterocycles. The van der Waals surface area contributed by atoms with Gasteiger partial charge in [0.25, 0.3) is 0 Å². The minimum Gasteiger partial charge on any atom is -0.478 e. The van der Waals surface area contributed by atoms with Crippen molar-refractivity contribution in [2.24, 2.45) is 0 Å². The zero-order chi connectivity index (χ0) is 18.0. The molecule has 0 spiro atoms. The number of hydrogen-bond acceptors (Lipinski definition) is 4. The summed E-state index contributed by atoms with van der Waals surface area (Å²) < 4.78 is 0. The molecule has 1 unspecified atom stereocenters. The second kappa shape index (κ2) is 6.64. The molecule has 6 heteroatoms. The topological polar surface area (TPSA) is 112 Å². The molecule has 0 saturated carbocycles. The van der Waals surface area contributed by atoms with Crippen molar-refractivity contribution in [3.05, 3.63) is 69.8 Å². The van der Waals surface area contributed by atoms with Crippen LogP contribution in [0.5, 0.6) is 0 Å². The van der Waals surface area contributed by atoms with Crippen LogP contribution in [0.15, 0.2) is 36.4 Å². The number of carbonyl (C=O) groups is 3. The highest BCUT2D eigenvalue weighted by Gasteiger charge is 2.25. The maximum Gasteiger partial charge on any atom is 0.336 e. The molecular weight excluding hydrogens is 312 g/mol. The van der Waals surface area contributed by atoms with Crippen LogP contribution in [-0.4, -0.2) is 33.0 Å². The molecule has 0 heterocycles. The van der Waals surface area contributed by atoms with Gasteiger partial charge in [-0.05, 0) is 38.1 Å². The molecular formula is C18H16O6. The van der Waals surface area contributed by atoms with Crippen LogP contribution in [0.25, 0.3) is 0 Å². The van der Waals surface area contributed by atoms with E-state index in [4.69, 9.17) is 5.11 Å². The number of ketones is 1. The van der Waals surface area contributed by atoms with E-state index >= 15 is 0 Å². The monoisotopic (exact) mass is 328 g/mol. The fourth-order valence-corrected chi connectivity index (χ4v) is 2.53. The van der Waals surface area contributed by atoms with E-state index in [2.05, 4.69) is 0 Å². The molecule has 0 aliphatic heterocycles. The van der Waals surface area contributed by atoms with Gasteiger partial charge in [-0.3, -0.25) is 4.79 Å². The second-order valence-corrected chi connectivity index (χ2v) is 5.56. The quantitative estimate of drug-likeness (QED) is 0.727. The van der Waals surface area contributed by atoms with Crippen molar-refractivity contribution in [3.63, 3.8) is 0 Å². The van der Waals surface area contributed by atoms with Gasteiger partial charge in [0.2, 0.25) is 0 Å². The Morgan fingerprint density at radius 1 is 0.833 bits per heavy atom. The number of benzene rings is 2.